The topological polar surface area (TPSA) is 84.3 Å². The molecule has 0 saturated carbocycles. The summed E-state index contributed by atoms with van der Waals surface area (Å²) in [4.78, 5) is 15.7. The molecule has 0 aliphatic heterocycles. The molecule has 0 spiro atoms. The monoisotopic (exact) mass is 271 g/mol. The molecule has 2 rings (SSSR count). The minimum Gasteiger partial charge on any atom is -0.383 e. The normalized spacial score (nSPS) is 12.8. The van der Waals surface area contributed by atoms with Gasteiger partial charge in [0.1, 0.15) is 11.6 Å². The van der Waals surface area contributed by atoms with E-state index < -0.39 is 0 Å². The molecule has 0 bridgehead atoms. The van der Waals surface area contributed by atoms with Gasteiger partial charge < -0.3 is 10.1 Å². The summed E-state index contributed by atoms with van der Waals surface area (Å²) in [5.41, 5.74) is 0.216. The Kier molecular flexibility index (Phi) is 3.83. The molecule has 0 fully saturated rings. The molecular formula is C10H14ClN5O2. The summed E-state index contributed by atoms with van der Waals surface area (Å²) in [5, 5.41) is 9.41. The van der Waals surface area contributed by atoms with Gasteiger partial charge in [0.25, 0.3) is 0 Å². The van der Waals surface area contributed by atoms with E-state index >= 15 is 0 Å². The standard InChI is InChI=1S/C10H14ClN5O2/c1-6-12-8(13-7(4-11)5-18-2)3-9-14-15-10(17)16(6)9/h3,7,13H,4-5H2,1-2H3,(H,15,17). The molecule has 2 aromatic rings. The van der Waals surface area contributed by atoms with E-state index in [-0.39, 0.29) is 11.7 Å². The van der Waals surface area contributed by atoms with Crippen molar-refractivity contribution < 1.29 is 4.74 Å². The minimum absolute atomic E-state index is 0.0447. The van der Waals surface area contributed by atoms with Gasteiger partial charge in [-0.3, -0.25) is 0 Å². The first-order valence-electron chi connectivity index (χ1n) is 5.42. The van der Waals surface area contributed by atoms with Crippen molar-refractivity contribution in [3.63, 3.8) is 0 Å². The maximum Gasteiger partial charge on any atom is 0.349 e. The van der Waals surface area contributed by atoms with Crippen LogP contribution >= 0.6 is 11.6 Å². The number of fused-ring (bicyclic) bond motifs is 1. The molecule has 0 aliphatic carbocycles. The van der Waals surface area contributed by atoms with Crippen molar-refractivity contribution in [2.75, 3.05) is 24.9 Å². The Morgan fingerprint density at radius 3 is 3.11 bits per heavy atom. The highest BCUT2D eigenvalue weighted by molar-refractivity contribution is 6.18. The highest BCUT2D eigenvalue weighted by Crippen LogP contribution is 2.10. The first kappa shape index (κ1) is 12.8. The van der Waals surface area contributed by atoms with Gasteiger partial charge in [0.05, 0.1) is 12.6 Å². The number of ether oxygens (including phenoxy) is 1. The second-order valence-corrected chi connectivity index (χ2v) is 4.17. The van der Waals surface area contributed by atoms with Crippen LogP contribution in [0.1, 0.15) is 5.82 Å². The maximum absolute atomic E-state index is 11.4. The molecular weight excluding hydrogens is 258 g/mol. The second-order valence-electron chi connectivity index (χ2n) is 3.86. The van der Waals surface area contributed by atoms with Crippen LogP contribution in [-0.4, -0.2) is 45.2 Å². The fourth-order valence-corrected chi connectivity index (χ4v) is 1.87. The van der Waals surface area contributed by atoms with E-state index in [1.54, 1.807) is 20.1 Å². The van der Waals surface area contributed by atoms with E-state index in [9.17, 15) is 4.79 Å². The molecule has 18 heavy (non-hydrogen) atoms. The summed E-state index contributed by atoms with van der Waals surface area (Å²) in [6, 6.07) is 1.64. The summed E-state index contributed by atoms with van der Waals surface area (Å²) in [6.45, 7) is 2.21. The van der Waals surface area contributed by atoms with Crippen LogP contribution < -0.4 is 11.0 Å². The molecule has 0 aromatic carbocycles. The summed E-state index contributed by atoms with van der Waals surface area (Å²) in [7, 11) is 1.61. The molecule has 1 atom stereocenters. The third kappa shape index (κ3) is 2.46. The van der Waals surface area contributed by atoms with Crippen LogP contribution in [0.2, 0.25) is 0 Å². The van der Waals surface area contributed by atoms with E-state index in [1.807, 2.05) is 0 Å². The Morgan fingerprint density at radius 1 is 1.67 bits per heavy atom. The highest BCUT2D eigenvalue weighted by atomic mass is 35.5. The largest absolute Gasteiger partial charge is 0.383 e. The number of aryl methyl sites for hydroxylation is 1. The zero-order valence-electron chi connectivity index (χ0n) is 10.1. The van der Waals surface area contributed by atoms with E-state index in [4.69, 9.17) is 16.3 Å². The Hall–Kier alpha value is -1.60. The van der Waals surface area contributed by atoms with Crippen LogP contribution in [0.15, 0.2) is 10.9 Å². The molecule has 0 saturated heterocycles. The number of hydrogen-bond donors (Lipinski definition) is 2. The van der Waals surface area contributed by atoms with Crippen LogP contribution in [0, 0.1) is 6.92 Å². The van der Waals surface area contributed by atoms with Gasteiger partial charge in [-0.05, 0) is 6.92 Å². The maximum atomic E-state index is 11.4. The molecule has 98 valence electrons. The summed E-state index contributed by atoms with van der Waals surface area (Å²) < 4.78 is 6.44. The minimum atomic E-state index is -0.299. The number of H-pyrrole nitrogens is 1. The van der Waals surface area contributed by atoms with E-state index in [0.29, 0.717) is 29.8 Å². The number of nitrogens with zero attached hydrogens (tertiary/aromatic N) is 3. The highest BCUT2D eigenvalue weighted by Gasteiger charge is 2.11. The Labute approximate surface area is 108 Å². The lowest BCUT2D eigenvalue weighted by molar-refractivity contribution is 0.191. The van der Waals surface area contributed by atoms with Gasteiger partial charge in [-0.25, -0.2) is 19.3 Å². The number of halogens is 1. The number of methoxy groups -OCH3 is 1. The van der Waals surface area contributed by atoms with Crippen LogP contribution in [0.5, 0.6) is 0 Å². The lowest BCUT2D eigenvalue weighted by atomic mass is 10.3. The number of rotatable bonds is 5. The van der Waals surface area contributed by atoms with Crippen molar-refractivity contribution in [2.45, 2.75) is 13.0 Å². The zero-order chi connectivity index (χ0) is 13.1. The first-order valence-corrected chi connectivity index (χ1v) is 5.95. The van der Waals surface area contributed by atoms with Crippen LogP contribution in [0.3, 0.4) is 0 Å². The smallest absolute Gasteiger partial charge is 0.349 e. The summed E-state index contributed by atoms with van der Waals surface area (Å²) in [6.07, 6.45) is 0. The molecule has 8 heteroatoms. The average Bonchev–Trinajstić information content (AvgIpc) is 2.71. The third-order valence-electron chi connectivity index (χ3n) is 2.48. The van der Waals surface area contributed by atoms with Gasteiger partial charge >= 0.3 is 5.69 Å². The molecule has 2 heterocycles. The van der Waals surface area contributed by atoms with Crippen molar-refractivity contribution in [3.05, 3.63) is 22.4 Å². The van der Waals surface area contributed by atoms with Gasteiger partial charge in [-0.2, -0.15) is 5.10 Å². The van der Waals surface area contributed by atoms with Gasteiger partial charge in [0, 0.05) is 19.1 Å². The van der Waals surface area contributed by atoms with Gasteiger partial charge in [-0.15, -0.1) is 11.6 Å². The van der Waals surface area contributed by atoms with Crippen molar-refractivity contribution in [2.24, 2.45) is 0 Å². The van der Waals surface area contributed by atoms with E-state index in [2.05, 4.69) is 20.5 Å². The first-order chi connectivity index (χ1) is 8.65. The molecule has 1 unspecified atom stereocenters. The predicted octanol–water partition coefficient (Wildman–Crippen LogP) is 0.392. The number of aromatic amines is 1. The predicted molar refractivity (Wildman–Crippen MR) is 68.4 cm³/mol. The number of aromatic nitrogens is 4. The number of anilines is 1. The molecule has 0 aliphatic rings. The van der Waals surface area contributed by atoms with E-state index in [0.717, 1.165) is 0 Å². The van der Waals surface area contributed by atoms with Crippen LogP contribution in [0.25, 0.3) is 5.65 Å². The van der Waals surface area contributed by atoms with Crippen LogP contribution in [0.4, 0.5) is 5.82 Å². The number of hydrogen-bond acceptors (Lipinski definition) is 5. The van der Waals surface area contributed by atoms with Crippen molar-refractivity contribution >= 4 is 23.1 Å². The molecule has 0 radical (unpaired) electrons. The quantitative estimate of drug-likeness (QED) is 0.769. The molecule has 0 amide bonds. The number of nitrogens with one attached hydrogen (secondary N) is 2. The van der Waals surface area contributed by atoms with Gasteiger partial charge in [0.15, 0.2) is 5.65 Å². The SMILES string of the molecule is COCC(CCl)Nc1cc2n[nH]c(=O)n2c(C)n1. The zero-order valence-corrected chi connectivity index (χ0v) is 10.9. The van der Waals surface area contributed by atoms with Gasteiger partial charge in [-0.1, -0.05) is 0 Å². The van der Waals surface area contributed by atoms with Crippen LogP contribution in [-0.2, 0) is 4.74 Å². The Bertz CT molecular complexity index is 593. The van der Waals surface area contributed by atoms with Crippen molar-refractivity contribution in [1.82, 2.24) is 19.6 Å². The van der Waals surface area contributed by atoms with Crippen molar-refractivity contribution in [1.29, 1.82) is 0 Å². The van der Waals surface area contributed by atoms with E-state index in [1.165, 1.54) is 4.40 Å². The fourth-order valence-electron chi connectivity index (χ4n) is 1.71. The Balaban J connectivity index is 2.32. The molecule has 7 nitrogen and oxygen atoms in total. The molecule has 2 N–H and O–H groups in total. The Morgan fingerprint density at radius 2 is 2.44 bits per heavy atom. The van der Waals surface area contributed by atoms with Crippen molar-refractivity contribution in [3.8, 4) is 0 Å². The fraction of sp³-hybridized carbons (Fsp3) is 0.500. The lowest BCUT2D eigenvalue weighted by Gasteiger charge is -2.15. The summed E-state index contributed by atoms with van der Waals surface area (Å²) >= 11 is 5.81. The average molecular weight is 272 g/mol. The third-order valence-corrected chi connectivity index (χ3v) is 2.85. The molecule has 2 aromatic heterocycles. The summed E-state index contributed by atoms with van der Waals surface area (Å²) in [5.74, 6) is 1.56. The lowest BCUT2D eigenvalue weighted by Crippen LogP contribution is -2.27. The number of alkyl halides is 1. The second kappa shape index (κ2) is 5.36. The van der Waals surface area contributed by atoms with Gasteiger partial charge in [0.2, 0.25) is 0 Å².